The van der Waals surface area contributed by atoms with Crippen molar-refractivity contribution in [2.24, 2.45) is 0 Å². The third-order valence-corrected chi connectivity index (χ3v) is 17.9. The van der Waals surface area contributed by atoms with Crippen LogP contribution in [0.3, 0.4) is 0 Å². The molecule has 0 N–H and O–H groups in total. The molecule has 0 aliphatic rings. The average molecular weight is 429 g/mol. The molecule has 4 aromatic rings. The van der Waals surface area contributed by atoms with Crippen molar-refractivity contribution >= 4 is 46.9 Å². The van der Waals surface area contributed by atoms with Crippen LogP contribution in [-0.2, 0) is 11.8 Å². The second-order valence-corrected chi connectivity index (χ2v) is 17.1. The first-order valence-corrected chi connectivity index (χ1v) is 15.6. The lowest BCUT2D eigenvalue weighted by Gasteiger charge is -2.35. The Morgan fingerprint density at radius 2 is 0.862 bits per heavy atom. The molecule has 0 unspecified atom stereocenters. The van der Waals surface area contributed by atoms with E-state index in [1.165, 1.54) is 21.0 Å². The molecule has 0 aromatic heterocycles. The summed E-state index contributed by atoms with van der Waals surface area (Å²) in [5.74, 6) is 1.04. The molecule has 0 aliphatic carbocycles. The molecule has 0 aliphatic heterocycles. The fraction of sp³-hybridized carbons (Fsp3) is 0.0769. The zero-order valence-corrected chi connectivity index (χ0v) is 19.3. The molecule has 0 atom stereocenters. The quantitative estimate of drug-likeness (QED) is 0.321. The summed E-state index contributed by atoms with van der Waals surface area (Å²) in [5.41, 5.74) is 0. The molecule has 0 amide bonds. The van der Waals surface area contributed by atoms with E-state index >= 15 is 0 Å². The molecule has 144 valence electrons. The summed E-state index contributed by atoms with van der Waals surface area (Å²) >= 11 is 6.63. The molecule has 4 rings (SSSR count). The highest BCUT2D eigenvalue weighted by molar-refractivity contribution is 8.22. The van der Waals surface area contributed by atoms with E-state index in [0.717, 1.165) is 5.79 Å². The SMILES string of the molecule is C[Si](CP(=S)(c1ccccc1)c1ccccc1)(c1ccccc1)c1ccccc1. The maximum atomic E-state index is 6.63. The second kappa shape index (κ2) is 8.63. The Morgan fingerprint density at radius 3 is 1.21 bits per heavy atom. The molecule has 29 heavy (non-hydrogen) atoms. The lowest BCUT2D eigenvalue weighted by molar-refractivity contribution is 1.64. The van der Waals surface area contributed by atoms with Gasteiger partial charge in [-0.1, -0.05) is 150 Å². The normalized spacial score (nSPS) is 11.9. The summed E-state index contributed by atoms with van der Waals surface area (Å²) in [5, 5.41) is 5.53. The molecule has 0 bridgehead atoms. The van der Waals surface area contributed by atoms with Crippen LogP contribution in [0, 0.1) is 0 Å². The van der Waals surface area contributed by atoms with Gasteiger partial charge >= 0.3 is 0 Å². The monoisotopic (exact) mass is 428 g/mol. The number of rotatable bonds is 6. The Morgan fingerprint density at radius 1 is 0.552 bits per heavy atom. The van der Waals surface area contributed by atoms with Crippen LogP contribution < -0.4 is 21.0 Å². The van der Waals surface area contributed by atoms with E-state index in [-0.39, 0.29) is 0 Å². The third kappa shape index (κ3) is 4.07. The van der Waals surface area contributed by atoms with Gasteiger partial charge in [-0.3, -0.25) is 0 Å². The van der Waals surface area contributed by atoms with E-state index < -0.39 is 14.1 Å². The van der Waals surface area contributed by atoms with E-state index in [2.05, 4.69) is 128 Å². The van der Waals surface area contributed by atoms with Gasteiger partial charge in [-0.15, -0.1) is 0 Å². The van der Waals surface area contributed by atoms with Gasteiger partial charge in [-0.25, -0.2) is 0 Å². The molecule has 0 fully saturated rings. The molecule has 4 aromatic carbocycles. The van der Waals surface area contributed by atoms with Gasteiger partial charge in [-0.05, 0) is 16.4 Å². The van der Waals surface area contributed by atoms with Gasteiger partial charge in [0.15, 0.2) is 0 Å². The molecule has 3 heteroatoms. The first kappa shape index (κ1) is 20.0. The maximum Gasteiger partial charge on any atom is 0.120 e. The Balaban J connectivity index is 1.92. The summed E-state index contributed by atoms with van der Waals surface area (Å²) in [6, 6.07) is 41.7. The van der Waals surface area contributed by atoms with E-state index in [1.54, 1.807) is 0 Å². The first-order chi connectivity index (χ1) is 14.1. The van der Waals surface area contributed by atoms with E-state index in [1.807, 2.05) is 0 Å². The molecule has 0 spiro atoms. The van der Waals surface area contributed by atoms with Crippen molar-refractivity contribution < 1.29 is 0 Å². The van der Waals surface area contributed by atoms with Crippen LogP contribution in [-0.4, -0.2) is 13.9 Å². The van der Waals surface area contributed by atoms with Crippen LogP contribution in [0.25, 0.3) is 0 Å². The van der Waals surface area contributed by atoms with Crippen LogP contribution in [0.5, 0.6) is 0 Å². The van der Waals surface area contributed by atoms with Gasteiger partial charge < -0.3 is 0 Å². The highest BCUT2D eigenvalue weighted by Crippen LogP contribution is 2.45. The van der Waals surface area contributed by atoms with Crippen molar-refractivity contribution in [2.75, 3.05) is 5.79 Å². The average Bonchev–Trinajstić information content (AvgIpc) is 2.81. The summed E-state index contributed by atoms with van der Waals surface area (Å²) in [4.78, 5) is 0. The topological polar surface area (TPSA) is 0 Å². The van der Waals surface area contributed by atoms with Crippen molar-refractivity contribution in [3.63, 3.8) is 0 Å². The minimum absolute atomic E-state index is 1.04. The highest BCUT2D eigenvalue weighted by Gasteiger charge is 2.38. The van der Waals surface area contributed by atoms with Crippen LogP contribution in [0.2, 0.25) is 6.55 Å². The van der Waals surface area contributed by atoms with E-state index in [9.17, 15) is 0 Å². The van der Waals surface area contributed by atoms with Gasteiger partial charge in [0, 0.05) is 6.04 Å². The molecule has 0 saturated heterocycles. The van der Waals surface area contributed by atoms with Gasteiger partial charge in [-0.2, -0.15) is 0 Å². The predicted octanol–water partition coefficient (Wildman–Crippen LogP) is 4.55. The lowest BCUT2D eigenvalue weighted by Crippen LogP contribution is -2.59. The molecular weight excluding hydrogens is 403 g/mol. The van der Waals surface area contributed by atoms with Crippen LogP contribution >= 0.6 is 6.04 Å². The summed E-state index contributed by atoms with van der Waals surface area (Å²) in [6.45, 7) is 2.49. The minimum atomic E-state index is -2.06. The zero-order chi connectivity index (χ0) is 20.2. The third-order valence-electron chi connectivity index (χ3n) is 5.71. The summed E-state index contributed by atoms with van der Waals surface area (Å²) in [7, 11) is -2.06. The van der Waals surface area contributed by atoms with Gasteiger partial charge in [0.1, 0.15) is 8.07 Å². The molecule has 0 saturated carbocycles. The molecule has 0 nitrogen and oxygen atoms in total. The van der Waals surface area contributed by atoms with Crippen molar-refractivity contribution in [3.05, 3.63) is 121 Å². The summed E-state index contributed by atoms with van der Waals surface area (Å²) in [6.07, 6.45) is 0. The first-order valence-electron chi connectivity index (χ1n) is 9.94. The largest absolute Gasteiger partial charge is 0.120 e. The fourth-order valence-corrected chi connectivity index (χ4v) is 17.4. The Labute approximate surface area is 180 Å². The van der Waals surface area contributed by atoms with Crippen molar-refractivity contribution in [3.8, 4) is 0 Å². The van der Waals surface area contributed by atoms with Gasteiger partial charge in [0.2, 0.25) is 0 Å². The number of hydrogen-bond donors (Lipinski definition) is 0. The predicted molar refractivity (Wildman–Crippen MR) is 135 cm³/mol. The molecule has 0 heterocycles. The van der Waals surface area contributed by atoms with E-state index in [0.29, 0.717) is 0 Å². The highest BCUT2D eigenvalue weighted by atomic mass is 32.4. The van der Waals surface area contributed by atoms with Gasteiger partial charge in [0.05, 0.1) is 0 Å². The number of benzene rings is 4. The Kier molecular flexibility index (Phi) is 5.96. The maximum absolute atomic E-state index is 6.63. The minimum Gasteiger partial charge on any atom is -0.0879 e. The second-order valence-electron chi connectivity index (χ2n) is 7.63. The summed E-state index contributed by atoms with van der Waals surface area (Å²) < 4.78 is 0. The van der Waals surface area contributed by atoms with Crippen LogP contribution in [0.4, 0.5) is 0 Å². The number of hydrogen-bond acceptors (Lipinski definition) is 1. The van der Waals surface area contributed by atoms with Crippen LogP contribution in [0.15, 0.2) is 121 Å². The Bertz CT molecular complexity index is 1010. The molecular formula is C26H25PSSi. The fourth-order valence-electron chi connectivity index (χ4n) is 4.08. The van der Waals surface area contributed by atoms with Crippen molar-refractivity contribution in [1.82, 2.24) is 0 Å². The zero-order valence-electron chi connectivity index (χ0n) is 16.6. The van der Waals surface area contributed by atoms with Crippen LogP contribution in [0.1, 0.15) is 0 Å². The van der Waals surface area contributed by atoms with Gasteiger partial charge in [0.25, 0.3) is 0 Å². The molecule has 0 radical (unpaired) electrons. The lowest BCUT2D eigenvalue weighted by atomic mass is 10.4. The van der Waals surface area contributed by atoms with Crippen molar-refractivity contribution in [1.29, 1.82) is 0 Å². The standard InChI is InChI=1S/C26H25PSSi/c1-29(25-18-10-4-11-19-25,26-20-12-5-13-21-26)22-27(28,23-14-6-2-7-15-23)24-16-8-3-9-17-24/h2-21H,22H2,1H3. The smallest absolute Gasteiger partial charge is 0.0879 e. The Hall–Kier alpha value is -2.25. The van der Waals surface area contributed by atoms with Crippen molar-refractivity contribution in [2.45, 2.75) is 6.55 Å². The van der Waals surface area contributed by atoms with E-state index in [4.69, 9.17) is 11.8 Å².